The number of carbonyl (C=O) groups is 1. The third-order valence-electron chi connectivity index (χ3n) is 3.43. The van der Waals surface area contributed by atoms with E-state index in [1.165, 1.54) is 30.0 Å². The van der Waals surface area contributed by atoms with Crippen LogP contribution in [0.3, 0.4) is 0 Å². The molecule has 128 valence electrons. The van der Waals surface area contributed by atoms with Crippen molar-refractivity contribution in [3.8, 4) is 5.69 Å². The van der Waals surface area contributed by atoms with Gasteiger partial charge in [-0.2, -0.15) is 0 Å². The van der Waals surface area contributed by atoms with Gasteiger partial charge in [0.25, 0.3) is 0 Å². The molecule has 1 heterocycles. The molecular formula is C17H14ClFN4OS. The molecule has 0 saturated carbocycles. The van der Waals surface area contributed by atoms with Gasteiger partial charge >= 0.3 is 0 Å². The van der Waals surface area contributed by atoms with E-state index in [0.717, 1.165) is 11.3 Å². The number of benzene rings is 2. The second kappa shape index (κ2) is 7.67. The van der Waals surface area contributed by atoms with Crippen LogP contribution in [-0.4, -0.2) is 26.4 Å². The molecule has 0 radical (unpaired) electrons. The SMILES string of the molecule is Cc1ccccc1-n1cnnc1SCC(=O)Nc1cc(Cl)ccc1F. The number of rotatable bonds is 5. The molecule has 0 spiro atoms. The summed E-state index contributed by atoms with van der Waals surface area (Å²) >= 11 is 7.03. The lowest BCUT2D eigenvalue weighted by atomic mass is 10.2. The molecule has 2 aromatic carbocycles. The van der Waals surface area contributed by atoms with Gasteiger partial charge in [0, 0.05) is 5.02 Å². The largest absolute Gasteiger partial charge is 0.323 e. The maximum absolute atomic E-state index is 13.7. The zero-order chi connectivity index (χ0) is 17.8. The predicted octanol–water partition coefficient (Wildman–Crippen LogP) is 4.10. The number of thioether (sulfide) groups is 1. The van der Waals surface area contributed by atoms with Crippen LogP contribution in [0.15, 0.2) is 53.9 Å². The molecule has 0 unspecified atom stereocenters. The van der Waals surface area contributed by atoms with Crippen LogP contribution in [0.2, 0.25) is 5.02 Å². The number of nitrogens with zero attached hydrogens (tertiary/aromatic N) is 3. The second-order valence-electron chi connectivity index (χ2n) is 5.23. The lowest BCUT2D eigenvalue weighted by molar-refractivity contribution is -0.113. The van der Waals surface area contributed by atoms with E-state index in [0.29, 0.717) is 10.2 Å². The van der Waals surface area contributed by atoms with Gasteiger partial charge in [0.2, 0.25) is 5.91 Å². The van der Waals surface area contributed by atoms with Gasteiger partial charge in [0.15, 0.2) is 5.16 Å². The summed E-state index contributed by atoms with van der Waals surface area (Å²) in [5.41, 5.74) is 2.06. The Morgan fingerprint density at radius 1 is 1.32 bits per heavy atom. The fourth-order valence-corrected chi connectivity index (χ4v) is 3.13. The number of carbonyl (C=O) groups excluding carboxylic acids is 1. The van der Waals surface area contributed by atoms with Crippen molar-refractivity contribution < 1.29 is 9.18 Å². The van der Waals surface area contributed by atoms with Gasteiger partial charge in [-0.05, 0) is 36.8 Å². The average Bonchev–Trinajstić information content (AvgIpc) is 3.05. The predicted molar refractivity (Wildman–Crippen MR) is 96.9 cm³/mol. The van der Waals surface area contributed by atoms with Crippen molar-refractivity contribution in [1.29, 1.82) is 0 Å². The third-order valence-corrected chi connectivity index (χ3v) is 4.60. The van der Waals surface area contributed by atoms with Crippen LogP contribution >= 0.6 is 23.4 Å². The lowest BCUT2D eigenvalue weighted by Gasteiger charge is -2.09. The Morgan fingerprint density at radius 3 is 2.92 bits per heavy atom. The molecule has 1 aromatic heterocycles. The summed E-state index contributed by atoms with van der Waals surface area (Å²) in [7, 11) is 0. The summed E-state index contributed by atoms with van der Waals surface area (Å²) < 4.78 is 15.5. The number of nitrogens with one attached hydrogen (secondary N) is 1. The van der Waals surface area contributed by atoms with Gasteiger partial charge < -0.3 is 5.32 Å². The standard InChI is InChI=1S/C17H14ClFN4OS/c1-11-4-2-3-5-15(11)23-10-20-22-17(23)25-9-16(24)21-14-8-12(18)6-7-13(14)19/h2-8,10H,9H2,1H3,(H,21,24). The normalized spacial score (nSPS) is 10.7. The molecule has 1 N–H and O–H groups in total. The minimum absolute atomic E-state index is 0.0541. The third kappa shape index (κ3) is 4.18. The molecule has 8 heteroatoms. The molecule has 25 heavy (non-hydrogen) atoms. The summed E-state index contributed by atoms with van der Waals surface area (Å²) in [5.74, 6) is -0.826. The fraction of sp³-hybridized carbons (Fsp3) is 0.118. The Morgan fingerprint density at radius 2 is 2.12 bits per heavy atom. The van der Waals surface area contributed by atoms with E-state index in [-0.39, 0.29) is 17.3 Å². The molecule has 0 bridgehead atoms. The summed E-state index contributed by atoms with van der Waals surface area (Å²) in [6.45, 7) is 1.98. The van der Waals surface area contributed by atoms with Crippen LogP contribution in [0.1, 0.15) is 5.56 Å². The summed E-state index contributed by atoms with van der Waals surface area (Å²) in [6.07, 6.45) is 1.60. The van der Waals surface area contributed by atoms with Gasteiger partial charge in [-0.15, -0.1) is 10.2 Å². The number of aryl methyl sites for hydroxylation is 1. The van der Waals surface area contributed by atoms with Crippen molar-refractivity contribution in [3.63, 3.8) is 0 Å². The molecular weight excluding hydrogens is 363 g/mol. The van der Waals surface area contributed by atoms with Gasteiger partial charge in [-0.3, -0.25) is 9.36 Å². The molecule has 1 amide bonds. The average molecular weight is 377 g/mol. The number of aromatic nitrogens is 3. The number of anilines is 1. The lowest BCUT2D eigenvalue weighted by Crippen LogP contribution is -2.15. The first-order valence-electron chi connectivity index (χ1n) is 7.38. The number of amides is 1. The minimum atomic E-state index is -0.536. The molecule has 3 aromatic rings. The Bertz CT molecular complexity index is 915. The van der Waals surface area contributed by atoms with E-state index >= 15 is 0 Å². The molecule has 0 aliphatic carbocycles. The molecule has 0 fully saturated rings. The first-order chi connectivity index (χ1) is 12.0. The highest BCUT2D eigenvalue weighted by Gasteiger charge is 2.13. The fourth-order valence-electron chi connectivity index (χ4n) is 2.23. The van der Waals surface area contributed by atoms with Crippen LogP contribution in [-0.2, 0) is 4.79 Å². The van der Waals surface area contributed by atoms with Gasteiger partial charge in [0.1, 0.15) is 12.1 Å². The maximum atomic E-state index is 13.7. The summed E-state index contributed by atoms with van der Waals surface area (Å²) in [5, 5.41) is 11.4. The zero-order valence-corrected chi connectivity index (χ0v) is 14.8. The number of para-hydroxylation sites is 1. The van der Waals surface area contributed by atoms with Crippen molar-refractivity contribution in [2.45, 2.75) is 12.1 Å². The van der Waals surface area contributed by atoms with E-state index in [9.17, 15) is 9.18 Å². The van der Waals surface area contributed by atoms with Crippen molar-refractivity contribution in [2.75, 3.05) is 11.1 Å². The first kappa shape index (κ1) is 17.4. The monoisotopic (exact) mass is 376 g/mol. The number of hydrogen-bond donors (Lipinski definition) is 1. The molecule has 5 nitrogen and oxygen atoms in total. The van der Waals surface area contributed by atoms with Crippen LogP contribution < -0.4 is 5.32 Å². The topological polar surface area (TPSA) is 59.8 Å². The quantitative estimate of drug-likeness (QED) is 0.681. The molecule has 0 saturated heterocycles. The Labute approximate surface area is 153 Å². The highest BCUT2D eigenvalue weighted by molar-refractivity contribution is 7.99. The van der Waals surface area contributed by atoms with Crippen LogP contribution in [0.25, 0.3) is 5.69 Å². The summed E-state index contributed by atoms with van der Waals surface area (Å²) in [4.78, 5) is 12.1. The van der Waals surface area contributed by atoms with E-state index in [1.807, 2.05) is 35.8 Å². The molecule has 0 aliphatic heterocycles. The van der Waals surface area contributed by atoms with Gasteiger partial charge in [-0.25, -0.2) is 4.39 Å². The minimum Gasteiger partial charge on any atom is -0.323 e. The highest BCUT2D eigenvalue weighted by atomic mass is 35.5. The van der Waals surface area contributed by atoms with Crippen molar-refractivity contribution in [2.24, 2.45) is 0 Å². The van der Waals surface area contributed by atoms with E-state index < -0.39 is 5.82 Å². The van der Waals surface area contributed by atoms with Crippen LogP contribution in [0.5, 0.6) is 0 Å². The summed E-state index contributed by atoms with van der Waals surface area (Å²) in [6, 6.07) is 11.8. The van der Waals surface area contributed by atoms with E-state index in [4.69, 9.17) is 11.6 Å². The zero-order valence-electron chi connectivity index (χ0n) is 13.2. The number of hydrogen-bond acceptors (Lipinski definition) is 4. The van der Waals surface area contributed by atoms with Crippen molar-refractivity contribution in [1.82, 2.24) is 14.8 Å². The molecule has 0 aliphatic rings. The molecule has 0 atom stereocenters. The van der Waals surface area contributed by atoms with Gasteiger partial charge in [0.05, 0.1) is 17.1 Å². The van der Waals surface area contributed by atoms with Crippen LogP contribution in [0.4, 0.5) is 10.1 Å². The number of halogens is 2. The van der Waals surface area contributed by atoms with Crippen molar-refractivity contribution >= 4 is 35.0 Å². The second-order valence-corrected chi connectivity index (χ2v) is 6.61. The van der Waals surface area contributed by atoms with E-state index in [1.54, 1.807) is 6.33 Å². The van der Waals surface area contributed by atoms with Crippen LogP contribution in [0, 0.1) is 12.7 Å². The Hall–Kier alpha value is -2.38. The Balaban J connectivity index is 1.69. The maximum Gasteiger partial charge on any atom is 0.234 e. The molecule has 3 rings (SSSR count). The highest BCUT2D eigenvalue weighted by Crippen LogP contribution is 2.23. The van der Waals surface area contributed by atoms with Crippen molar-refractivity contribution in [3.05, 3.63) is 65.2 Å². The Kier molecular flexibility index (Phi) is 5.35. The van der Waals surface area contributed by atoms with Gasteiger partial charge in [-0.1, -0.05) is 41.6 Å². The first-order valence-corrected chi connectivity index (χ1v) is 8.74. The smallest absolute Gasteiger partial charge is 0.234 e. The van der Waals surface area contributed by atoms with E-state index in [2.05, 4.69) is 15.5 Å².